The van der Waals surface area contributed by atoms with E-state index in [1.807, 2.05) is 0 Å². The molecule has 2 aromatic carbocycles. The van der Waals surface area contributed by atoms with Gasteiger partial charge in [0.15, 0.2) is 17.3 Å². The molecule has 0 aliphatic heterocycles. The van der Waals surface area contributed by atoms with Crippen molar-refractivity contribution < 1.29 is 53.9 Å². The number of carbonyl (C=O) groups excluding carboxylic acids is 5. The van der Waals surface area contributed by atoms with Crippen molar-refractivity contribution in [2.45, 2.75) is 19.8 Å². The average Bonchev–Trinajstić information content (AvgIpc) is 2.83. The van der Waals surface area contributed by atoms with E-state index in [4.69, 9.17) is 9.47 Å². The monoisotopic (exact) mass is 508 g/mol. The maximum atomic E-state index is 13.1. The summed E-state index contributed by atoms with van der Waals surface area (Å²) < 4.78 is 10.2. The summed E-state index contributed by atoms with van der Waals surface area (Å²) >= 11 is 0. The van der Waals surface area contributed by atoms with E-state index in [2.05, 4.69) is 0 Å². The molecule has 0 fully saturated rings. The molecule has 0 spiro atoms. The number of phenolic OH excluding ortho intramolecular Hbond substituents is 3. The Kier molecular flexibility index (Phi) is 5.87. The van der Waals surface area contributed by atoms with E-state index in [0.717, 1.165) is 25.1 Å². The number of hydrogen-bond donors (Lipinski definition) is 4. The van der Waals surface area contributed by atoms with Gasteiger partial charge in [-0.15, -0.1) is 0 Å². The molecular weight excluding hydrogens is 488 g/mol. The van der Waals surface area contributed by atoms with Gasteiger partial charge in [0.25, 0.3) is 0 Å². The summed E-state index contributed by atoms with van der Waals surface area (Å²) in [5.74, 6) is -9.68. The van der Waals surface area contributed by atoms with Crippen LogP contribution in [0.5, 0.6) is 23.0 Å². The molecule has 11 heteroatoms. The molecule has 2 aliphatic carbocycles. The first-order valence-corrected chi connectivity index (χ1v) is 10.8. The molecule has 2 aliphatic rings. The molecule has 190 valence electrons. The smallest absolute Gasteiger partial charge is 0.234 e. The molecule has 4 rings (SSSR count). The average molecular weight is 508 g/mol. The Morgan fingerprint density at radius 2 is 1.46 bits per heavy atom. The SMILES string of the molecule is COC1=CC(=O)c2c(cc(OC)c([C@@H](C)C3=C(O)c4c(cc(O)c(C(C)=O)c4O)C(=O)C3=O)c2O)C1=O. The van der Waals surface area contributed by atoms with Gasteiger partial charge < -0.3 is 29.9 Å². The van der Waals surface area contributed by atoms with Gasteiger partial charge in [-0.3, -0.25) is 24.0 Å². The second kappa shape index (κ2) is 8.63. The highest BCUT2D eigenvalue weighted by molar-refractivity contribution is 6.52. The number of allylic oxidation sites excluding steroid dienone is 3. The Morgan fingerprint density at radius 3 is 2.03 bits per heavy atom. The second-order valence-electron chi connectivity index (χ2n) is 8.41. The number of Topliss-reactive ketones (excluding diaryl/α,β-unsaturated/α-hetero) is 4. The number of benzene rings is 2. The van der Waals surface area contributed by atoms with Crippen molar-refractivity contribution in [2.75, 3.05) is 14.2 Å². The Balaban J connectivity index is 2.01. The first-order chi connectivity index (χ1) is 17.4. The minimum absolute atomic E-state index is 0.145. The van der Waals surface area contributed by atoms with Gasteiger partial charge in [0.05, 0.1) is 30.9 Å². The molecule has 0 aromatic heterocycles. The summed E-state index contributed by atoms with van der Waals surface area (Å²) in [7, 11) is 2.39. The summed E-state index contributed by atoms with van der Waals surface area (Å²) in [4.78, 5) is 63.3. The number of methoxy groups -OCH3 is 2. The van der Waals surface area contributed by atoms with E-state index in [0.29, 0.717) is 0 Å². The van der Waals surface area contributed by atoms with Gasteiger partial charge in [-0.2, -0.15) is 0 Å². The molecule has 0 saturated heterocycles. The summed E-state index contributed by atoms with van der Waals surface area (Å²) in [6.07, 6.45) is 0.890. The number of fused-ring (bicyclic) bond motifs is 2. The zero-order chi connectivity index (χ0) is 27.5. The highest BCUT2D eigenvalue weighted by atomic mass is 16.5. The number of aliphatic hydroxyl groups excluding tert-OH is 1. The molecule has 37 heavy (non-hydrogen) atoms. The number of aromatic hydroxyl groups is 3. The van der Waals surface area contributed by atoms with Crippen molar-refractivity contribution >= 4 is 34.7 Å². The lowest BCUT2D eigenvalue weighted by Gasteiger charge is -2.27. The van der Waals surface area contributed by atoms with Gasteiger partial charge in [0.2, 0.25) is 17.3 Å². The highest BCUT2D eigenvalue weighted by Crippen LogP contribution is 2.48. The van der Waals surface area contributed by atoms with Crippen molar-refractivity contribution in [2.24, 2.45) is 0 Å². The number of phenols is 3. The van der Waals surface area contributed by atoms with Gasteiger partial charge in [-0.25, -0.2) is 0 Å². The molecule has 0 bridgehead atoms. The number of hydrogen-bond acceptors (Lipinski definition) is 11. The fraction of sp³-hybridized carbons (Fsp3) is 0.192. The lowest BCUT2D eigenvalue weighted by molar-refractivity contribution is -0.112. The van der Waals surface area contributed by atoms with Crippen LogP contribution in [0.3, 0.4) is 0 Å². The molecule has 0 heterocycles. The van der Waals surface area contributed by atoms with Crippen LogP contribution in [0.1, 0.15) is 72.3 Å². The first kappa shape index (κ1) is 25.2. The van der Waals surface area contributed by atoms with Gasteiger partial charge in [0.1, 0.15) is 34.3 Å². The fourth-order valence-corrected chi connectivity index (χ4v) is 4.67. The van der Waals surface area contributed by atoms with Crippen molar-refractivity contribution in [3.8, 4) is 23.0 Å². The number of ether oxygens (including phenoxy) is 2. The van der Waals surface area contributed by atoms with Crippen molar-refractivity contribution in [3.63, 3.8) is 0 Å². The van der Waals surface area contributed by atoms with Crippen molar-refractivity contribution in [1.82, 2.24) is 0 Å². The van der Waals surface area contributed by atoms with Gasteiger partial charge >= 0.3 is 0 Å². The molecule has 0 saturated carbocycles. The summed E-state index contributed by atoms with van der Waals surface area (Å²) in [6, 6.07) is 1.96. The molecule has 0 unspecified atom stereocenters. The second-order valence-corrected chi connectivity index (χ2v) is 8.41. The quantitative estimate of drug-likeness (QED) is 0.344. The Morgan fingerprint density at radius 1 is 0.838 bits per heavy atom. The first-order valence-electron chi connectivity index (χ1n) is 10.8. The van der Waals surface area contributed by atoms with Crippen LogP contribution in [0.25, 0.3) is 5.76 Å². The number of aliphatic hydroxyl groups is 1. The molecule has 2 aromatic rings. The third kappa shape index (κ3) is 3.46. The minimum Gasteiger partial charge on any atom is -0.507 e. The van der Waals surface area contributed by atoms with Crippen LogP contribution in [-0.2, 0) is 9.53 Å². The molecule has 11 nitrogen and oxygen atoms in total. The summed E-state index contributed by atoms with van der Waals surface area (Å²) in [5, 5.41) is 42.9. The third-order valence-electron chi connectivity index (χ3n) is 6.40. The van der Waals surface area contributed by atoms with Gasteiger partial charge in [-0.05, 0) is 19.1 Å². The highest BCUT2D eigenvalue weighted by Gasteiger charge is 2.42. The Labute approximate surface area is 208 Å². The van der Waals surface area contributed by atoms with Crippen LogP contribution in [0, 0.1) is 0 Å². The molecule has 4 N–H and O–H groups in total. The molecule has 1 atom stereocenters. The number of ketones is 5. The van der Waals surface area contributed by atoms with Crippen LogP contribution >= 0.6 is 0 Å². The predicted octanol–water partition coefficient (Wildman–Crippen LogP) is 2.76. The van der Waals surface area contributed by atoms with Crippen molar-refractivity contribution in [1.29, 1.82) is 0 Å². The van der Waals surface area contributed by atoms with Crippen LogP contribution in [0.15, 0.2) is 29.5 Å². The van der Waals surface area contributed by atoms with Crippen LogP contribution < -0.4 is 4.74 Å². The van der Waals surface area contributed by atoms with Crippen LogP contribution in [0.2, 0.25) is 0 Å². The van der Waals surface area contributed by atoms with E-state index in [1.54, 1.807) is 0 Å². The zero-order valence-electron chi connectivity index (χ0n) is 20.0. The topological polar surface area (TPSA) is 185 Å². The van der Waals surface area contributed by atoms with Crippen LogP contribution in [-0.4, -0.2) is 63.6 Å². The molecule has 0 radical (unpaired) electrons. The third-order valence-corrected chi connectivity index (χ3v) is 6.40. The summed E-state index contributed by atoms with van der Waals surface area (Å²) in [5.41, 5.74) is -3.04. The van der Waals surface area contributed by atoms with Crippen LogP contribution in [0.4, 0.5) is 0 Å². The zero-order valence-corrected chi connectivity index (χ0v) is 20.0. The fourth-order valence-electron chi connectivity index (χ4n) is 4.67. The van der Waals surface area contributed by atoms with E-state index >= 15 is 0 Å². The minimum atomic E-state index is -1.32. The molecule has 0 amide bonds. The van der Waals surface area contributed by atoms with E-state index in [9.17, 15) is 44.4 Å². The maximum Gasteiger partial charge on any atom is 0.234 e. The standard InChI is InChI=1S/C26H20O11/c1-8(16-14(36-3)6-11-19(23(16)32)13(29)7-15(37-4)21(11)30)17-24(33)20-10(22(31)26(17)35)5-12(28)18(9(2)27)25(20)34/h5-8,28,32-34H,1-4H3/t8-/m1/s1. The largest absolute Gasteiger partial charge is 0.507 e. The summed E-state index contributed by atoms with van der Waals surface area (Å²) in [6.45, 7) is 2.36. The normalized spacial score (nSPS) is 15.7. The van der Waals surface area contributed by atoms with Gasteiger partial charge in [0, 0.05) is 28.7 Å². The molecular formula is C26H20O11. The van der Waals surface area contributed by atoms with Crippen molar-refractivity contribution in [3.05, 3.63) is 62.9 Å². The lowest BCUT2D eigenvalue weighted by Crippen LogP contribution is -2.28. The van der Waals surface area contributed by atoms with Gasteiger partial charge in [-0.1, -0.05) is 6.92 Å². The Hall–Kier alpha value is -4.93. The predicted molar refractivity (Wildman–Crippen MR) is 125 cm³/mol. The van der Waals surface area contributed by atoms with E-state index < -0.39 is 85.7 Å². The Bertz CT molecular complexity index is 1540. The van der Waals surface area contributed by atoms with E-state index in [-0.39, 0.29) is 22.6 Å². The number of carbonyl (C=O) groups is 5. The van der Waals surface area contributed by atoms with E-state index in [1.165, 1.54) is 21.1 Å². The lowest BCUT2D eigenvalue weighted by atomic mass is 9.77. The number of rotatable bonds is 5. The maximum absolute atomic E-state index is 13.1.